The summed E-state index contributed by atoms with van der Waals surface area (Å²) in [5, 5.41) is 3.01. The zero-order chi connectivity index (χ0) is 18.8. The highest BCUT2D eigenvalue weighted by atomic mass is 32.2. The molecule has 0 bridgehead atoms. The summed E-state index contributed by atoms with van der Waals surface area (Å²) >= 11 is 1.66. The fourth-order valence-corrected chi connectivity index (χ4v) is 4.76. The molecule has 1 fully saturated rings. The smallest absolute Gasteiger partial charge is 0.228 e. The quantitative estimate of drug-likeness (QED) is 0.747. The molecular weight excluding hydrogens is 332 g/mol. The maximum atomic E-state index is 13.1. The topological polar surface area (TPSA) is 72.2 Å². The van der Waals surface area contributed by atoms with Crippen LogP contribution >= 0.6 is 11.8 Å². The van der Waals surface area contributed by atoms with Gasteiger partial charge in [-0.2, -0.15) is 0 Å². The molecule has 1 aliphatic rings. The lowest BCUT2D eigenvalue weighted by atomic mass is 9.72. The van der Waals surface area contributed by atoms with Crippen molar-refractivity contribution in [2.75, 3.05) is 11.6 Å². The molecule has 1 aromatic rings. The van der Waals surface area contributed by atoms with Crippen molar-refractivity contribution >= 4 is 29.3 Å². The van der Waals surface area contributed by atoms with Gasteiger partial charge in [-0.25, -0.2) is 0 Å². The van der Waals surface area contributed by atoms with Gasteiger partial charge < -0.3 is 11.1 Å². The molecule has 3 N–H and O–H groups in total. The summed E-state index contributed by atoms with van der Waals surface area (Å²) < 4.78 is 0. The fraction of sp³-hybridized carbons (Fsp3) is 0.600. The van der Waals surface area contributed by atoms with Crippen LogP contribution in [-0.2, 0) is 9.59 Å². The summed E-state index contributed by atoms with van der Waals surface area (Å²) in [6.07, 6.45) is 3.92. The van der Waals surface area contributed by atoms with E-state index in [-0.39, 0.29) is 35.0 Å². The summed E-state index contributed by atoms with van der Waals surface area (Å²) in [5.74, 6) is -1.01. The van der Waals surface area contributed by atoms with Gasteiger partial charge in [-0.3, -0.25) is 9.59 Å². The molecule has 4 atom stereocenters. The minimum atomic E-state index is -0.419. The third-order valence-electron chi connectivity index (χ3n) is 6.08. The van der Waals surface area contributed by atoms with E-state index in [2.05, 4.69) is 33.0 Å². The highest BCUT2D eigenvalue weighted by Crippen LogP contribution is 2.55. The molecule has 1 aliphatic carbocycles. The normalized spacial score (nSPS) is 27.9. The van der Waals surface area contributed by atoms with E-state index in [1.54, 1.807) is 11.8 Å². The van der Waals surface area contributed by atoms with Crippen molar-refractivity contribution in [1.82, 2.24) is 0 Å². The maximum Gasteiger partial charge on any atom is 0.228 e. The standard InChI is InChI=1S/C20H30N2O2S/c1-6-7-15-17(16(18(21)23)12(2)20(15,3)4)19(24)22-13-8-10-14(25-5)11-9-13/h8-12,15-17H,6-7H2,1-5H3,(H2,21,23)(H,22,24). The number of anilines is 1. The molecule has 2 amide bonds. The number of nitrogens with one attached hydrogen (secondary N) is 1. The Morgan fingerprint density at radius 2 is 1.80 bits per heavy atom. The van der Waals surface area contributed by atoms with E-state index in [9.17, 15) is 9.59 Å². The molecule has 4 unspecified atom stereocenters. The second kappa shape index (κ2) is 7.81. The SMILES string of the molecule is CCCC1C(C(=O)Nc2ccc(SC)cc2)C(C(N)=O)C(C)C1(C)C. The molecule has 25 heavy (non-hydrogen) atoms. The van der Waals surface area contributed by atoms with Gasteiger partial charge in [-0.05, 0) is 54.2 Å². The molecule has 1 saturated carbocycles. The van der Waals surface area contributed by atoms with Crippen LogP contribution in [-0.4, -0.2) is 18.1 Å². The number of hydrogen-bond acceptors (Lipinski definition) is 3. The Bertz CT molecular complexity index is 627. The largest absolute Gasteiger partial charge is 0.369 e. The van der Waals surface area contributed by atoms with E-state index < -0.39 is 5.92 Å². The lowest BCUT2D eigenvalue weighted by Crippen LogP contribution is -2.38. The van der Waals surface area contributed by atoms with Crippen LogP contribution in [0.2, 0.25) is 0 Å². The van der Waals surface area contributed by atoms with Gasteiger partial charge in [-0.1, -0.05) is 34.1 Å². The van der Waals surface area contributed by atoms with Gasteiger partial charge in [0.05, 0.1) is 11.8 Å². The number of benzene rings is 1. The first-order valence-electron chi connectivity index (χ1n) is 8.98. The minimum absolute atomic E-state index is 0.0798. The van der Waals surface area contributed by atoms with Crippen molar-refractivity contribution in [3.63, 3.8) is 0 Å². The van der Waals surface area contributed by atoms with Crippen molar-refractivity contribution < 1.29 is 9.59 Å². The van der Waals surface area contributed by atoms with E-state index in [0.29, 0.717) is 0 Å². The minimum Gasteiger partial charge on any atom is -0.369 e. The third kappa shape index (κ3) is 3.86. The molecule has 0 radical (unpaired) electrons. The Morgan fingerprint density at radius 1 is 1.20 bits per heavy atom. The predicted molar refractivity (Wildman–Crippen MR) is 104 cm³/mol. The summed E-state index contributed by atoms with van der Waals surface area (Å²) in [4.78, 5) is 26.4. The van der Waals surface area contributed by atoms with Crippen molar-refractivity contribution in [3.8, 4) is 0 Å². The Morgan fingerprint density at radius 3 is 2.28 bits per heavy atom. The first kappa shape index (κ1) is 19.8. The Hall–Kier alpha value is -1.49. The molecule has 0 aliphatic heterocycles. The van der Waals surface area contributed by atoms with Gasteiger partial charge in [0, 0.05) is 10.6 Å². The number of rotatable bonds is 6. The number of nitrogens with two attached hydrogens (primary N) is 1. The predicted octanol–water partition coefficient (Wildman–Crippen LogP) is 4.16. The average Bonchev–Trinajstić information content (AvgIpc) is 2.76. The highest BCUT2D eigenvalue weighted by molar-refractivity contribution is 7.98. The van der Waals surface area contributed by atoms with Crippen molar-refractivity contribution in [3.05, 3.63) is 24.3 Å². The van der Waals surface area contributed by atoms with Gasteiger partial charge in [0.15, 0.2) is 0 Å². The number of carbonyl (C=O) groups excluding carboxylic acids is 2. The molecule has 4 nitrogen and oxygen atoms in total. The van der Waals surface area contributed by atoms with E-state index in [1.165, 1.54) is 0 Å². The summed E-state index contributed by atoms with van der Waals surface area (Å²) in [6, 6.07) is 7.77. The molecule has 2 rings (SSSR count). The Balaban J connectivity index is 2.30. The van der Waals surface area contributed by atoms with Crippen LogP contribution in [0.1, 0.15) is 40.5 Å². The van der Waals surface area contributed by atoms with Crippen LogP contribution in [0.25, 0.3) is 0 Å². The number of hydrogen-bond donors (Lipinski definition) is 2. The van der Waals surface area contributed by atoms with Crippen LogP contribution in [0.15, 0.2) is 29.2 Å². The highest BCUT2D eigenvalue weighted by Gasteiger charge is 2.57. The van der Waals surface area contributed by atoms with Gasteiger partial charge in [-0.15, -0.1) is 11.8 Å². The first-order valence-corrected chi connectivity index (χ1v) is 10.2. The zero-order valence-corrected chi connectivity index (χ0v) is 16.7. The fourth-order valence-electron chi connectivity index (χ4n) is 4.36. The Kier molecular flexibility index (Phi) is 6.20. The second-order valence-corrected chi connectivity index (χ2v) is 8.56. The molecule has 1 aromatic carbocycles. The maximum absolute atomic E-state index is 13.1. The van der Waals surface area contributed by atoms with Crippen LogP contribution in [0.3, 0.4) is 0 Å². The summed E-state index contributed by atoms with van der Waals surface area (Å²) in [6.45, 7) is 8.50. The number of thioether (sulfide) groups is 1. The number of primary amides is 1. The van der Waals surface area contributed by atoms with Crippen molar-refractivity contribution in [1.29, 1.82) is 0 Å². The van der Waals surface area contributed by atoms with Crippen LogP contribution < -0.4 is 11.1 Å². The van der Waals surface area contributed by atoms with E-state index in [4.69, 9.17) is 5.73 Å². The molecular formula is C20H30N2O2S. The van der Waals surface area contributed by atoms with E-state index in [1.807, 2.05) is 30.5 Å². The lowest BCUT2D eigenvalue weighted by Gasteiger charge is -2.32. The van der Waals surface area contributed by atoms with Crippen LogP contribution in [0.4, 0.5) is 5.69 Å². The lowest BCUT2D eigenvalue weighted by molar-refractivity contribution is -0.131. The molecule has 0 saturated heterocycles. The molecule has 5 heteroatoms. The van der Waals surface area contributed by atoms with Crippen molar-refractivity contribution in [2.24, 2.45) is 34.8 Å². The second-order valence-electron chi connectivity index (χ2n) is 7.68. The monoisotopic (exact) mass is 362 g/mol. The summed E-state index contributed by atoms with van der Waals surface area (Å²) in [5.41, 5.74) is 6.37. The number of amides is 2. The van der Waals surface area contributed by atoms with Gasteiger partial charge in [0.25, 0.3) is 0 Å². The first-order chi connectivity index (χ1) is 11.7. The zero-order valence-electron chi connectivity index (χ0n) is 15.8. The van der Waals surface area contributed by atoms with Gasteiger partial charge >= 0.3 is 0 Å². The Labute approximate surface area is 155 Å². The average molecular weight is 363 g/mol. The van der Waals surface area contributed by atoms with Gasteiger partial charge in [0.1, 0.15) is 0 Å². The van der Waals surface area contributed by atoms with E-state index in [0.717, 1.165) is 23.4 Å². The molecule has 0 spiro atoms. The summed E-state index contributed by atoms with van der Waals surface area (Å²) in [7, 11) is 0. The van der Waals surface area contributed by atoms with E-state index >= 15 is 0 Å². The van der Waals surface area contributed by atoms with Crippen LogP contribution in [0, 0.1) is 29.1 Å². The molecule has 0 heterocycles. The van der Waals surface area contributed by atoms with Crippen molar-refractivity contribution in [2.45, 2.75) is 45.4 Å². The third-order valence-corrected chi connectivity index (χ3v) is 6.82. The molecule has 0 aromatic heterocycles. The molecule has 138 valence electrons. The number of carbonyl (C=O) groups is 2. The van der Waals surface area contributed by atoms with Crippen LogP contribution in [0.5, 0.6) is 0 Å². The van der Waals surface area contributed by atoms with Gasteiger partial charge in [0.2, 0.25) is 11.8 Å².